The van der Waals surface area contributed by atoms with Crippen LogP contribution in [-0.2, 0) is 14.3 Å². The molecule has 0 saturated heterocycles. The summed E-state index contributed by atoms with van der Waals surface area (Å²) in [5.74, 6) is -0.940. The van der Waals surface area contributed by atoms with Crippen molar-refractivity contribution in [2.75, 3.05) is 19.8 Å². The quantitative estimate of drug-likeness (QED) is 0.633. The molecule has 0 bridgehead atoms. The SMILES string of the molecule is CCOCCC(=O)NCC1(C(=O)O)CCC1. The number of aliphatic carboxylic acids is 1. The number of rotatable bonds is 7. The molecule has 1 fully saturated rings. The lowest BCUT2D eigenvalue weighted by Gasteiger charge is -2.37. The van der Waals surface area contributed by atoms with Gasteiger partial charge in [-0.1, -0.05) is 6.42 Å². The minimum Gasteiger partial charge on any atom is -0.481 e. The fraction of sp³-hybridized carbons (Fsp3) is 0.818. The average molecular weight is 229 g/mol. The Labute approximate surface area is 95.2 Å². The molecule has 1 rings (SSSR count). The Kier molecular flexibility index (Phi) is 4.73. The zero-order chi connectivity index (χ0) is 12.0. The van der Waals surface area contributed by atoms with Gasteiger partial charge in [-0.2, -0.15) is 0 Å². The number of hydrogen-bond acceptors (Lipinski definition) is 3. The topological polar surface area (TPSA) is 75.6 Å². The first-order chi connectivity index (χ1) is 7.60. The van der Waals surface area contributed by atoms with Crippen molar-refractivity contribution in [2.24, 2.45) is 5.41 Å². The van der Waals surface area contributed by atoms with Crippen LogP contribution in [0.2, 0.25) is 0 Å². The van der Waals surface area contributed by atoms with Crippen LogP contribution in [0.1, 0.15) is 32.6 Å². The van der Waals surface area contributed by atoms with E-state index in [4.69, 9.17) is 9.84 Å². The smallest absolute Gasteiger partial charge is 0.311 e. The molecule has 1 aliphatic carbocycles. The Morgan fingerprint density at radius 3 is 2.56 bits per heavy atom. The van der Waals surface area contributed by atoms with Crippen LogP contribution >= 0.6 is 0 Å². The molecule has 0 aromatic carbocycles. The lowest BCUT2D eigenvalue weighted by Crippen LogP contribution is -2.47. The van der Waals surface area contributed by atoms with Gasteiger partial charge in [-0.15, -0.1) is 0 Å². The van der Waals surface area contributed by atoms with Crippen molar-refractivity contribution in [1.82, 2.24) is 5.32 Å². The number of amides is 1. The number of ether oxygens (including phenoxy) is 1. The molecule has 1 saturated carbocycles. The van der Waals surface area contributed by atoms with E-state index in [1.807, 2.05) is 6.92 Å². The predicted molar refractivity (Wildman–Crippen MR) is 58.0 cm³/mol. The van der Waals surface area contributed by atoms with E-state index in [9.17, 15) is 9.59 Å². The lowest BCUT2D eigenvalue weighted by molar-refractivity contribution is -0.154. The molecule has 0 radical (unpaired) electrons. The summed E-state index contributed by atoms with van der Waals surface area (Å²) in [6.45, 7) is 3.09. The van der Waals surface area contributed by atoms with Crippen molar-refractivity contribution in [3.8, 4) is 0 Å². The van der Waals surface area contributed by atoms with E-state index < -0.39 is 11.4 Å². The summed E-state index contributed by atoms with van der Waals surface area (Å²) in [6.07, 6.45) is 2.55. The normalized spacial score (nSPS) is 17.6. The zero-order valence-electron chi connectivity index (χ0n) is 9.62. The number of carbonyl (C=O) groups excluding carboxylic acids is 1. The highest BCUT2D eigenvalue weighted by molar-refractivity contribution is 5.79. The Morgan fingerprint density at radius 2 is 2.12 bits per heavy atom. The Morgan fingerprint density at radius 1 is 1.44 bits per heavy atom. The molecule has 2 N–H and O–H groups in total. The van der Waals surface area contributed by atoms with E-state index in [0.717, 1.165) is 6.42 Å². The summed E-state index contributed by atoms with van der Waals surface area (Å²) in [6, 6.07) is 0. The van der Waals surface area contributed by atoms with Crippen molar-refractivity contribution in [3.05, 3.63) is 0 Å². The Balaban J connectivity index is 2.22. The number of carbonyl (C=O) groups is 2. The molecule has 5 nitrogen and oxygen atoms in total. The molecular weight excluding hydrogens is 210 g/mol. The maximum atomic E-state index is 11.3. The molecule has 1 amide bonds. The van der Waals surface area contributed by atoms with Gasteiger partial charge in [0, 0.05) is 19.6 Å². The number of carboxylic acid groups (broad SMARTS) is 1. The lowest BCUT2D eigenvalue weighted by atomic mass is 9.69. The van der Waals surface area contributed by atoms with E-state index in [1.165, 1.54) is 0 Å². The van der Waals surface area contributed by atoms with Crippen LogP contribution in [0.4, 0.5) is 0 Å². The maximum absolute atomic E-state index is 11.3. The number of hydrogen-bond donors (Lipinski definition) is 2. The largest absolute Gasteiger partial charge is 0.481 e. The molecule has 0 aromatic heterocycles. The fourth-order valence-electron chi connectivity index (χ4n) is 1.74. The van der Waals surface area contributed by atoms with Gasteiger partial charge in [0.2, 0.25) is 5.91 Å². The first-order valence-electron chi connectivity index (χ1n) is 5.68. The van der Waals surface area contributed by atoms with Gasteiger partial charge in [0.05, 0.1) is 12.0 Å². The maximum Gasteiger partial charge on any atom is 0.311 e. The summed E-state index contributed by atoms with van der Waals surface area (Å²) in [4.78, 5) is 22.3. The molecule has 0 aromatic rings. The first kappa shape index (κ1) is 13.0. The average Bonchev–Trinajstić information content (AvgIpc) is 2.16. The molecule has 16 heavy (non-hydrogen) atoms. The summed E-state index contributed by atoms with van der Waals surface area (Å²) in [7, 11) is 0. The molecule has 5 heteroatoms. The molecule has 0 spiro atoms. The molecule has 0 heterocycles. The molecule has 0 unspecified atom stereocenters. The van der Waals surface area contributed by atoms with Gasteiger partial charge in [0.25, 0.3) is 0 Å². The first-order valence-corrected chi connectivity index (χ1v) is 5.68. The van der Waals surface area contributed by atoms with Gasteiger partial charge in [0.1, 0.15) is 0 Å². The minimum absolute atomic E-state index is 0.138. The van der Waals surface area contributed by atoms with Crippen LogP contribution in [0.3, 0.4) is 0 Å². The highest BCUT2D eigenvalue weighted by atomic mass is 16.5. The third kappa shape index (κ3) is 3.20. The van der Waals surface area contributed by atoms with Crippen LogP contribution < -0.4 is 5.32 Å². The van der Waals surface area contributed by atoms with Crippen LogP contribution in [0, 0.1) is 5.41 Å². The van der Waals surface area contributed by atoms with Crippen LogP contribution in [-0.4, -0.2) is 36.7 Å². The summed E-state index contributed by atoms with van der Waals surface area (Å²) in [5, 5.41) is 11.7. The van der Waals surface area contributed by atoms with E-state index >= 15 is 0 Å². The fourth-order valence-corrected chi connectivity index (χ4v) is 1.74. The second kappa shape index (κ2) is 5.84. The predicted octanol–water partition coefficient (Wildman–Crippen LogP) is 0.784. The molecular formula is C11H19NO4. The van der Waals surface area contributed by atoms with E-state index in [0.29, 0.717) is 32.5 Å². The zero-order valence-corrected chi connectivity index (χ0v) is 9.62. The van der Waals surface area contributed by atoms with Crippen molar-refractivity contribution in [2.45, 2.75) is 32.6 Å². The second-order valence-corrected chi connectivity index (χ2v) is 4.16. The molecule has 1 aliphatic rings. The van der Waals surface area contributed by atoms with E-state index in [-0.39, 0.29) is 12.5 Å². The summed E-state index contributed by atoms with van der Waals surface area (Å²) >= 11 is 0. The molecule has 0 aliphatic heterocycles. The van der Waals surface area contributed by atoms with Gasteiger partial charge in [-0.25, -0.2) is 0 Å². The monoisotopic (exact) mass is 229 g/mol. The Bertz CT molecular complexity index is 261. The number of carboxylic acids is 1. The second-order valence-electron chi connectivity index (χ2n) is 4.16. The van der Waals surface area contributed by atoms with Crippen LogP contribution in [0.25, 0.3) is 0 Å². The standard InChI is InChI=1S/C11H19NO4/c1-2-16-7-4-9(13)12-8-11(10(14)15)5-3-6-11/h2-8H2,1H3,(H,12,13)(H,14,15). The summed E-state index contributed by atoms with van der Waals surface area (Å²) in [5.41, 5.74) is -0.707. The van der Waals surface area contributed by atoms with E-state index in [1.54, 1.807) is 0 Å². The van der Waals surface area contributed by atoms with Crippen molar-refractivity contribution < 1.29 is 19.4 Å². The van der Waals surface area contributed by atoms with Crippen LogP contribution in [0.15, 0.2) is 0 Å². The van der Waals surface area contributed by atoms with Gasteiger partial charge >= 0.3 is 5.97 Å². The van der Waals surface area contributed by atoms with Gasteiger partial charge in [0.15, 0.2) is 0 Å². The Hall–Kier alpha value is -1.10. The van der Waals surface area contributed by atoms with Gasteiger partial charge in [-0.3, -0.25) is 9.59 Å². The highest BCUT2D eigenvalue weighted by Gasteiger charge is 2.44. The molecule has 92 valence electrons. The molecule has 0 atom stereocenters. The minimum atomic E-state index is -0.802. The van der Waals surface area contributed by atoms with Gasteiger partial charge in [-0.05, 0) is 19.8 Å². The van der Waals surface area contributed by atoms with Crippen molar-refractivity contribution >= 4 is 11.9 Å². The third-order valence-electron chi connectivity index (χ3n) is 3.07. The summed E-state index contributed by atoms with van der Waals surface area (Å²) < 4.78 is 5.05. The number of nitrogens with one attached hydrogen (secondary N) is 1. The van der Waals surface area contributed by atoms with Crippen LogP contribution in [0.5, 0.6) is 0 Å². The van der Waals surface area contributed by atoms with Crippen molar-refractivity contribution in [3.63, 3.8) is 0 Å². The highest BCUT2D eigenvalue weighted by Crippen LogP contribution is 2.40. The van der Waals surface area contributed by atoms with Crippen molar-refractivity contribution in [1.29, 1.82) is 0 Å². The van der Waals surface area contributed by atoms with E-state index in [2.05, 4.69) is 5.32 Å². The third-order valence-corrected chi connectivity index (χ3v) is 3.07. The van der Waals surface area contributed by atoms with Gasteiger partial charge < -0.3 is 15.2 Å².